The van der Waals surface area contributed by atoms with Crippen LogP contribution in [0.1, 0.15) is 34.8 Å². The zero-order valence-electron chi connectivity index (χ0n) is 13.6. The van der Waals surface area contributed by atoms with Gasteiger partial charge in [0.1, 0.15) is 0 Å². The van der Waals surface area contributed by atoms with Crippen LogP contribution >= 0.6 is 11.8 Å². The Hall–Kier alpha value is -2.07. The predicted octanol–water partition coefficient (Wildman–Crippen LogP) is 3.97. The highest BCUT2D eigenvalue weighted by molar-refractivity contribution is 8.00. The van der Waals surface area contributed by atoms with Gasteiger partial charge in [0.2, 0.25) is 5.91 Å². The highest BCUT2D eigenvalue weighted by atomic mass is 32.2. The SMILES string of the molecule is O=C(CSCC(=O)N1CCC[C@@H]1c1ccccc1)c1ccccc1. The van der Waals surface area contributed by atoms with Crippen molar-refractivity contribution in [2.45, 2.75) is 18.9 Å². The minimum absolute atomic E-state index is 0.0782. The van der Waals surface area contributed by atoms with Gasteiger partial charge in [-0.2, -0.15) is 0 Å². The Bertz CT molecular complexity index is 687. The van der Waals surface area contributed by atoms with Crippen LogP contribution in [0.3, 0.4) is 0 Å². The molecule has 0 aromatic heterocycles. The summed E-state index contributed by atoms with van der Waals surface area (Å²) >= 11 is 1.41. The largest absolute Gasteiger partial charge is 0.335 e. The Morgan fingerprint density at radius 2 is 1.62 bits per heavy atom. The Morgan fingerprint density at radius 3 is 2.33 bits per heavy atom. The molecule has 1 fully saturated rings. The Balaban J connectivity index is 1.52. The molecule has 1 heterocycles. The van der Waals surface area contributed by atoms with Gasteiger partial charge in [-0.3, -0.25) is 9.59 Å². The number of thioether (sulfide) groups is 1. The molecule has 0 aliphatic carbocycles. The van der Waals surface area contributed by atoms with Gasteiger partial charge in [-0.1, -0.05) is 60.7 Å². The summed E-state index contributed by atoms with van der Waals surface area (Å²) in [7, 11) is 0. The summed E-state index contributed by atoms with van der Waals surface area (Å²) in [4.78, 5) is 26.6. The average molecular weight is 339 g/mol. The molecule has 0 spiro atoms. The first kappa shape index (κ1) is 16.8. The van der Waals surface area contributed by atoms with Crippen molar-refractivity contribution in [3.63, 3.8) is 0 Å². The van der Waals surface area contributed by atoms with E-state index in [4.69, 9.17) is 0 Å². The van der Waals surface area contributed by atoms with Crippen LogP contribution in [0.4, 0.5) is 0 Å². The van der Waals surface area contributed by atoms with Gasteiger partial charge < -0.3 is 4.90 Å². The lowest BCUT2D eigenvalue weighted by Crippen LogP contribution is -2.32. The predicted molar refractivity (Wildman–Crippen MR) is 98.2 cm³/mol. The van der Waals surface area contributed by atoms with E-state index in [9.17, 15) is 9.59 Å². The molecule has 3 nitrogen and oxygen atoms in total. The lowest BCUT2D eigenvalue weighted by Gasteiger charge is -2.25. The summed E-state index contributed by atoms with van der Waals surface area (Å²) in [6.07, 6.45) is 2.06. The Morgan fingerprint density at radius 1 is 0.958 bits per heavy atom. The molecule has 1 amide bonds. The third kappa shape index (κ3) is 4.06. The first-order valence-corrected chi connectivity index (χ1v) is 9.41. The fourth-order valence-corrected chi connectivity index (χ4v) is 3.90. The van der Waals surface area contributed by atoms with Crippen LogP contribution in [0.25, 0.3) is 0 Å². The molecule has 1 saturated heterocycles. The van der Waals surface area contributed by atoms with Gasteiger partial charge in [-0.25, -0.2) is 0 Å². The maximum absolute atomic E-state index is 12.5. The number of hydrogen-bond donors (Lipinski definition) is 0. The summed E-state index contributed by atoms with van der Waals surface area (Å²) in [5, 5.41) is 0. The van der Waals surface area contributed by atoms with Gasteiger partial charge in [-0.15, -0.1) is 11.8 Å². The lowest BCUT2D eigenvalue weighted by atomic mass is 10.0. The summed E-state index contributed by atoms with van der Waals surface area (Å²) in [6, 6.07) is 19.6. The van der Waals surface area contributed by atoms with Crippen LogP contribution < -0.4 is 0 Å². The third-order valence-electron chi connectivity index (χ3n) is 4.31. The second kappa shape index (κ2) is 8.15. The van der Waals surface area contributed by atoms with Crippen molar-refractivity contribution in [2.75, 3.05) is 18.1 Å². The smallest absolute Gasteiger partial charge is 0.233 e. The molecular formula is C20H21NO2S. The van der Waals surface area contributed by atoms with E-state index < -0.39 is 0 Å². The summed E-state index contributed by atoms with van der Waals surface area (Å²) in [5.74, 6) is 0.920. The van der Waals surface area contributed by atoms with Gasteiger partial charge in [0.05, 0.1) is 17.5 Å². The fraction of sp³-hybridized carbons (Fsp3) is 0.300. The number of carbonyl (C=O) groups excluding carboxylic acids is 2. The molecule has 124 valence electrons. The quantitative estimate of drug-likeness (QED) is 0.748. The van der Waals surface area contributed by atoms with E-state index in [0.717, 1.165) is 19.4 Å². The maximum atomic E-state index is 12.5. The number of ketones is 1. The third-order valence-corrected chi connectivity index (χ3v) is 5.23. The fourth-order valence-electron chi connectivity index (χ4n) is 3.11. The summed E-state index contributed by atoms with van der Waals surface area (Å²) in [6.45, 7) is 0.811. The molecule has 0 bridgehead atoms. The normalized spacial score (nSPS) is 17.0. The van der Waals surface area contributed by atoms with E-state index in [0.29, 0.717) is 17.1 Å². The molecule has 0 N–H and O–H groups in total. The standard InChI is InChI=1S/C20H21NO2S/c22-19(17-10-5-2-6-11-17)14-24-15-20(23)21-13-7-12-18(21)16-8-3-1-4-9-16/h1-6,8-11,18H,7,12-15H2/t18-/m1/s1. The first-order valence-electron chi connectivity index (χ1n) is 8.26. The number of benzene rings is 2. The van der Waals surface area contributed by atoms with Crippen molar-refractivity contribution in [2.24, 2.45) is 0 Å². The number of Topliss-reactive ketones (excluding diaryl/α,β-unsaturated/α-hetero) is 1. The van der Waals surface area contributed by atoms with Crippen LogP contribution in [0, 0.1) is 0 Å². The highest BCUT2D eigenvalue weighted by Gasteiger charge is 2.29. The molecule has 1 aliphatic rings. The number of hydrogen-bond acceptors (Lipinski definition) is 3. The Kier molecular flexibility index (Phi) is 5.70. The van der Waals surface area contributed by atoms with Crippen LogP contribution in [-0.2, 0) is 4.79 Å². The zero-order chi connectivity index (χ0) is 16.8. The van der Waals surface area contributed by atoms with E-state index in [1.165, 1.54) is 17.3 Å². The molecular weight excluding hydrogens is 318 g/mol. The van der Waals surface area contributed by atoms with Gasteiger partial charge in [-0.05, 0) is 18.4 Å². The van der Waals surface area contributed by atoms with Crippen molar-refractivity contribution in [3.8, 4) is 0 Å². The maximum Gasteiger partial charge on any atom is 0.233 e. The molecule has 0 radical (unpaired) electrons. The van der Waals surface area contributed by atoms with Crippen molar-refractivity contribution in [3.05, 3.63) is 71.8 Å². The van der Waals surface area contributed by atoms with Crippen LogP contribution in [0.2, 0.25) is 0 Å². The molecule has 1 atom stereocenters. The van der Waals surface area contributed by atoms with Gasteiger partial charge in [0.15, 0.2) is 5.78 Å². The molecule has 0 saturated carbocycles. The minimum Gasteiger partial charge on any atom is -0.335 e. The molecule has 0 unspecified atom stereocenters. The van der Waals surface area contributed by atoms with E-state index >= 15 is 0 Å². The second-order valence-electron chi connectivity index (χ2n) is 5.94. The van der Waals surface area contributed by atoms with Gasteiger partial charge in [0.25, 0.3) is 0 Å². The van der Waals surface area contributed by atoms with Gasteiger partial charge >= 0.3 is 0 Å². The highest BCUT2D eigenvalue weighted by Crippen LogP contribution is 2.32. The molecule has 24 heavy (non-hydrogen) atoms. The van der Waals surface area contributed by atoms with Crippen molar-refractivity contribution >= 4 is 23.5 Å². The number of likely N-dealkylation sites (tertiary alicyclic amines) is 1. The number of nitrogens with zero attached hydrogens (tertiary/aromatic N) is 1. The van der Waals surface area contributed by atoms with E-state index in [1.807, 2.05) is 53.4 Å². The monoisotopic (exact) mass is 339 g/mol. The van der Waals surface area contributed by atoms with E-state index in [-0.39, 0.29) is 17.7 Å². The molecule has 2 aromatic rings. The van der Waals surface area contributed by atoms with E-state index in [1.54, 1.807) is 0 Å². The van der Waals surface area contributed by atoms with Crippen molar-refractivity contribution < 1.29 is 9.59 Å². The number of rotatable bonds is 6. The average Bonchev–Trinajstić information content (AvgIpc) is 3.13. The van der Waals surface area contributed by atoms with Crippen LogP contribution in [-0.4, -0.2) is 34.6 Å². The molecule has 1 aliphatic heterocycles. The van der Waals surface area contributed by atoms with Crippen molar-refractivity contribution in [1.29, 1.82) is 0 Å². The van der Waals surface area contributed by atoms with Crippen LogP contribution in [0.15, 0.2) is 60.7 Å². The molecule has 2 aromatic carbocycles. The zero-order valence-corrected chi connectivity index (χ0v) is 14.4. The number of carbonyl (C=O) groups is 2. The molecule has 3 rings (SSSR count). The number of amides is 1. The minimum atomic E-state index is 0.0782. The summed E-state index contributed by atoms with van der Waals surface area (Å²) < 4.78 is 0. The Labute approximate surface area is 147 Å². The summed E-state index contributed by atoms with van der Waals surface area (Å²) in [5.41, 5.74) is 1.91. The van der Waals surface area contributed by atoms with Crippen LogP contribution in [0.5, 0.6) is 0 Å². The van der Waals surface area contributed by atoms with Gasteiger partial charge in [0, 0.05) is 12.1 Å². The first-order chi connectivity index (χ1) is 11.8. The lowest BCUT2D eigenvalue weighted by molar-refractivity contribution is -0.129. The topological polar surface area (TPSA) is 37.4 Å². The van der Waals surface area contributed by atoms with E-state index in [2.05, 4.69) is 12.1 Å². The second-order valence-corrected chi connectivity index (χ2v) is 6.92. The molecule has 4 heteroatoms. The van der Waals surface area contributed by atoms with Crippen molar-refractivity contribution in [1.82, 2.24) is 4.90 Å².